The van der Waals surface area contributed by atoms with Crippen LogP contribution in [0.3, 0.4) is 0 Å². The molecular formula is C15H22N2O. The Labute approximate surface area is 109 Å². The van der Waals surface area contributed by atoms with Gasteiger partial charge < -0.3 is 10.2 Å². The van der Waals surface area contributed by atoms with Gasteiger partial charge in [0.05, 0.1) is 6.04 Å². The Kier molecular flexibility index (Phi) is 4.37. The summed E-state index contributed by atoms with van der Waals surface area (Å²) in [6.45, 7) is 5.73. The number of para-hydroxylation sites is 1. The van der Waals surface area contributed by atoms with E-state index in [9.17, 15) is 4.79 Å². The van der Waals surface area contributed by atoms with Crippen molar-refractivity contribution in [3.05, 3.63) is 29.8 Å². The van der Waals surface area contributed by atoms with Crippen LogP contribution in [-0.4, -0.2) is 18.5 Å². The Hall–Kier alpha value is -1.35. The molecule has 0 spiro atoms. The first-order chi connectivity index (χ1) is 8.74. The molecule has 1 N–H and O–H groups in total. The van der Waals surface area contributed by atoms with Gasteiger partial charge in [0, 0.05) is 18.8 Å². The van der Waals surface area contributed by atoms with Crippen LogP contribution < -0.4 is 10.2 Å². The van der Waals surface area contributed by atoms with Crippen molar-refractivity contribution in [3.63, 3.8) is 0 Å². The lowest BCUT2D eigenvalue weighted by atomic mass is 10.1. The first kappa shape index (κ1) is 13.1. The number of nitrogens with zero attached hydrogens (tertiary/aromatic N) is 1. The molecule has 2 rings (SSSR count). The van der Waals surface area contributed by atoms with Crippen LogP contribution in [0.2, 0.25) is 0 Å². The third kappa shape index (κ3) is 2.72. The summed E-state index contributed by atoms with van der Waals surface area (Å²) in [4.78, 5) is 14.3. The predicted octanol–water partition coefficient (Wildman–Crippen LogP) is 2.70. The van der Waals surface area contributed by atoms with E-state index in [-0.39, 0.29) is 11.9 Å². The first-order valence-electron chi connectivity index (χ1n) is 6.86. The fourth-order valence-electron chi connectivity index (χ4n) is 2.38. The van der Waals surface area contributed by atoms with Crippen molar-refractivity contribution < 1.29 is 4.79 Å². The fourth-order valence-corrected chi connectivity index (χ4v) is 2.38. The van der Waals surface area contributed by atoms with Crippen LogP contribution >= 0.6 is 0 Å². The Bertz CT molecular complexity index is 417. The summed E-state index contributed by atoms with van der Waals surface area (Å²) in [6.07, 6.45) is 3.43. The zero-order chi connectivity index (χ0) is 13.0. The molecule has 3 heteroatoms. The highest BCUT2D eigenvalue weighted by molar-refractivity contribution is 5.98. The highest BCUT2D eigenvalue weighted by Gasteiger charge is 2.26. The fraction of sp³-hybridized carbons (Fsp3) is 0.533. The predicted molar refractivity (Wildman–Crippen MR) is 74.6 cm³/mol. The molecule has 98 valence electrons. The van der Waals surface area contributed by atoms with E-state index in [1.807, 2.05) is 24.0 Å². The largest absolute Gasteiger partial charge is 0.311 e. The van der Waals surface area contributed by atoms with Gasteiger partial charge in [0.25, 0.3) is 0 Å². The number of hydrogen-bond acceptors (Lipinski definition) is 2. The van der Waals surface area contributed by atoms with Gasteiger partial charge in [0.2, 0.25) is 5.91 Å². The number of unbranched alkanes of at least 4 members (excludes halogenated alkanes) is 2. The smallest absolute Gasteiger partial charge is 0.243 e. The monoisotopic (exact) mass is 246 g/mol. The average Bonchev–Trinajstić information content (AvgIpc) is 2.51. The number of benzene rings is 1. The van der Waals surface area contributed by atoms with Crippen LogP contribution in [0, 0.1) is 0 Å². The Morgan fingerprint density at radius 1 is 1.33 bits per heavy atom. The van der Waals surface area contributed by atoms with Gasteiger partial charge in [0.1, 0.15) is 0 Å². The topological polar surface area (TPSA) is 32.3 Å². The third-order valence-corrected chi connectivity index (χ3v) is 3.50. The highest BCUT2D eigenvalue weighted by Crippen LogP contribution is 2.24. The molecule has 1 aliphatic heterocycles. The van der Waals surface area contributed by atoms with Gasteiger partial charge >= 0.3 is 0 Å². The van der Waals surface area contributed by atoms with Crippen molar-refractivity contribution in [2.45, 2.75) is 45.7 Å². The SMILES string of the molecule is CCCCCN1C(=O)C(C)NCc2ccccc21. The summed E-state index contributed by atoms with van der Waals surface area (Å²) in [7, 11) is 0. The standard InChI is InChI=1S/C15H22N2O/c1-3-4-7-10-17-14-9-6-5-8-13(14)11-16-12(2)15(17)18/h5-6,8-9,12,16H,3-4,7,10-11H2,1-2H3. The van der Waals surface area contributed by atoms with Gasteiger partial charge in [-0.15, -0.1) is 0 Å². The molecule has 1 atom stereocenters. The maximum atomic E-state index is 12.4. The normalized spacial score (nSPS) is 19.6. The van der Waals surface area contributed by atoms with Crippen LogP contribution in [-0.2, 0) is 11.3 Å². The zero-order valence-electron chi connectivity index (χ0n) is 11.3. The van der Waals surface area contributed by atoms with E-state index in [4.69, 9.17) is 0 Å². The van der Waals surface area contributed by atoms with E-state index in [2.05, 4.69) is 24.4 Å². The molecule has 0 bridgehead atoms. The van der Waals surface area contributed by atoms with Crippen molar-refractivity contribution >= 4 is 11.6 Å². The van der Waals surface area contributed by atoms with E-state index < -0.39 is 0 Å². The van der Waals surface area contributed by atoms with Gasteiger partial charge in [-0.2, -0.15) is 0 Å². The average molecular weight is 246 g/mol. The molecule has 1 aromatic carbocycles. The number of rotatable bonds is 4. The molecule has 0 radical (unpaired) electrons. The molecule has 0 saturated heterocycles. The maximum absolute atomic E-state index is 12.4. The Balaban J connectivity index is 2.23. The number of carbonyl (C=O) groups is 1. The van der Waals surface area contributed by atoms with Crippen molar-refractivity contribution in [3.8, 4) is 0 Å². The minimum atomic E-state index is -0.0981. The summed E-state index contributed by atoms with van der Waals surface area (Å²) in [5.74, 6) is 0.191. The second-order valence-electron chi connectivity index (χ2n) is 4.93. The van der Waals surface area contributed by atoms with E-state index in [0.29, 0.717) is 0 Å². The molecule has 1 heterocycles. The molecule has 0 fully saturated rings. The summed E-state index contributed by atoms with van der Waals surface area (Å²) in [5, 5.41) is 3.28. The molecule has 0 saturated carbocycles. The van der Waals surface area contributed by atoms with Crippen LogP contribution in [0.1, 0.15) is 38.7 Å². The third-order valence-electron chi connectivity index (χ3n) is 3.50. The Morgan fingerprint density at radius 2 is 2.11 bits per heavy atom. The molecule has 0 aromatic heterocycles. The van der Waals surface area contributed by atoms with E-state index in [0.717, 1.165) is 25.2 Å². The molecule has 1 aromatic rings. The van der Waals surface area contributed by atoms with E-state index in [1.54, 1.807) is 0 Å². The molecule has 1 amide bonds. The number of anilines is 1. The van der Waals surface area contributed by atoms with Crippen molar-refractivity contribution in [1.29, 1.82) is 0 Å². The second kappa shape index (κ2) is 6.01. The van der Waals surface area contributed by atoms with E-state index in [1.165, 1.54) is 18.4 Å². The lowest BCUT2D eigenvalue weighted by molar-refractivity contribution is -0.120. The lowest BCUT2D eigenvalue weighted by Gasteiger charge is -2.24. The van der Waals surface area contributed by atoms with Gasteiger partial charge in [-0.05, 0) is 25.0 Å². The molecule has 1 aliphatic rings. The van der Waals surface area contributed by atoms with Crippen LogP contribution in [0.5, 0.6) is 0 Å². The van der Waals surface area contributed by atoms with Crippen LogP contribution in [0.15, 0.2) is 24.3 Å². The van der Waals surface area contributed by atoms with Gasteiger partial charge in [-0.3, -0.25) is 4.79 Å². The second-order valence-corrected chi connectivity index (χ2v) is 4.93. The summed E-state index contributed by atoms with van der Waals surface area (Å²) >= 11 is 0. The zero-order valence-corrected chi connectivity index (χ0v) is 11.3. The van der Waals surface area contributed by atoms with Crippen molar-refractivity contribution in [2.75, 3.05) is 11.4 Å². The molecule has 0 aliphatic carbocycles. The van der Waals surface area contributed by atoms with Crippen molar-refractivity contribution in [2.24, 2.45) is 0 Å². The number of fused-ring (bicyclic) bond motifs is 1. The summed E-state index contributed by atoms with van der Waals surface area (Å²) in [5.41, 5.74) is 2.29. The molecule has 1 unspecified atom stereocenters. The van der Waals surface area contributed by atoms with Crippen molar-refractivity contribution in [1.82, 2.24) is 5.32 Å². The highest BCUT2D eigenvalue weighted by atomic mass is 16.2. The van der Waals surface area contributed by atoms with Crippen LogP contribution in [0.25, 0.3) is 0 Å². The van der Waals surface area contributed by atoms with Gasteiger partial charge in [-0.1, -0.05) is 38.0 Å². The maximum Gasteiger partial charge on any atom is 0.243 e. The molecule has 18 heavy (non-hydrogen) atoms. The lowest BCUT2D eigenvalue weighted by Crippen LogP contribution is -2.42. The number of nitrogens with one attached hydrogen (secondary N) is 1. The number of carbonyl (C=O) groups excluding carboxylic acids is 1. The minimum Gasteiger partial charge on any atom is -0.311 e. The summed E-state index contributed by atoms with van der Waals surface area (Å²) < 4.78 is 0. The quantitative estimate of drug-likeness (QED) is 0.828. The van der Waals surface area contributed by atoms with E-state index >= 15 is 0 Å². The minimum absolute atomic E-state index is 0.0981. The van der Waals surface area contributed by atoms with Gasteiger partial charge in [-0.25, -0.2) is 0 Å². The number of hydrogen-bond donors (Lipinski definition) is 1. The molecular weight excluding hydrogens is 224 g/mol. The number of amides is 1. The Morgan fingerprint density at radius 3 is 2.89 bits per heavy atom. The van der Waals surface area contributed by atoms with Gasteiger partial charge in [0.15, 0.2) is 0 Å². The molecule has 3 nitrogen and oxygen atoms in total. The first-order valence-corrected chi connectivity index (χ1v) is 6.86. The summed E-state index contributed by atoms with van der Waals surface area (Å²) in [6, 6.07) is 8.10. The van der Waals surface area contributed by atoms with Crippen LogP contribution in [0.4, 0.5) is 5.69 Å².